The van der Waals surface area contributed by atoms with Gasteiger partial charge in [0.05, 0.1) is 7.11 Å². The maximum absolute atomic E-state index is 5.32. The van der Waals surface area contributed by atoms with Crippen molar-refractivity contribution in [3.05, 3.63) is 17.3 Å². The minimum absolute atomic E-state index is 0.721. The van der Waals surface area contributed by atoms with E-state index in [0.717, 1.165) is 49.1 Å². The van der Waals surface area contributed by atoms with Crippen LogP contribution in [0.5, 0.6) is 5.88 Å². The minimum Gasteiger partial charge on any atom is -0.480 e. The molecule has 0 fully saturated rings. The summed E-state index contributed by atoms with van der Waals surface area (Å²) in [6.45, 7) is 2.64. The predicted molar refractivity (Wildman–Crippen MR) is 77.1 cm³/mol. The van der Waals surface area contributed by atoms with E-state index in [9.17, 15) is 0 Å². The normalized spacial score (nSPS) is 11.3. The molecule has 2 aromatic rings. The van der Waals surface area contributed by atoms with E-state index in [4.69, 9.17) is 9.47 Å². The van der Waals surface area contributed by atoms with E-state index in [2.05, 4.69) is 14.7 Å². The van der Waals surface area contributed by atoms with Crippen molar-refractivity contribution in [3.63, 3.8) is 0 Å². The summed E-state index contributed by atoms with van der Waals surface area (Å²) in [7, 11) is 3.41. The number of fused-ring (bicyclic) bond motifs is 1. The summed E-state index contributed by atoms with van der Waals surface area (Å²) in [4.78, 5) is 5.41. The Morgan fingerprint density at radius 1 is 1.32 bits per heavy atom. The van der Waals surface area contributed by atoms with Crippen LogP contribution in [0.4, 0.5) is 0 Å². The van der Waals surface area contributed by atoms with Crippen LogP contribution < -0.4 is 10.1 Å². The van der Waals surface area contributed by atoms with Crippen molar-refractivity contribution in [2.75, 3.05) is 27.4 Å². The van der Waals surface area contributed by atoms with Crippen LogP contribution >= 0.6 is 11.3 Å². The monoisotopic (exact) mass is 283 g/mol. The van der Waals surface area contributed by atoms with Gasteiger partial charge in [0, 0.05) is 31.8 Å². The van der Waals surface area contributed by atoms with Crippen LogP contribution in [0, 0.1) is 0 Å². The van der Waals surface area contributed by atoms with Crippen LogP contribution in [-0.4, -0.2) is 36.8 Å². The van der Waals surface area contributed by atoms with Crippen molar-refractivity contribution in [1.82, 2.24) is 14.7 Å². The molecule has 2 heterocycles. The second-order valence-corrected chi connectivity index (χ2v) is 5.23. The first-order valence-electron chi connectivity index (χ1n) is 6.55. The van der Waals surface area contributed by atoms with Gasteiger partial charge in [0.1, 0.15) is 5.69 Å². The van der Waals surface area contributed by atoms with Crippen LogP contribution in [0.15, 0.2) is 11.6 Å². The molecule has 6 heteroatoms. The van der Waals surface area contributed by atoms with Crippen LogP contribution in [-0.2, 0) is 11.3 Å². The Kier molecular flexibility index (Phi) is 5.62. The van der Waals surface area contributed by atoms with Crippen LogP contribution in [0.25, 0.3) is 4.96 Å². The first-order valence-corrected chi connectivity index (χ1v) is 7.43. The average molecular weight is 283 g/mol. The summed E-state index contributed by atoms with van der Waals surface area (Å²) >= 11 is 1.62. The van der Waals surface area contributed by atoms with E-state index >= 15 is 0 Å². The molecule has 0 aliphatic rings. The molecule has 0 aliphatic carbocycles. The Hall–Kier alpha value is -1.11. The fourth-order valence-electron chi connectivity index (χ4n) is 2.02. The quantitative estimate of drug-likeness (QED) is 0.717. The van der Waals surface area contributed by atoms with E-state index in [0.29, 0.717) is 0 Å². The third-order valence-corrected chi connectivity index (χ3v) is 3.77. The first kappa shape index (κ1) is 14.3. The number of aromatic nitrogens is 2. The van der Waals surface area contributed by atoms with Gasteiger partial charge in [0.25, 0.3) is 0 Å². The van der Waals surface area contributed by atoms with Crippen LogP contribution in [0.3, 0.4) is 0 Å². The molecular formula is C13H21N3O2S. The summed E-state index contributed by atoms with van der Waals surface area (Å²) in [6.07, 6.45) is 5.52. The van der Waals surface area contributed by atoms with Crippen LogP contribution in [0.2, 0.25) is 0 Å². The third-order valence-electron chi connectivity index (χ3n) is 3.01. The van der Waals surface area contributed by atoms with Gasteiger partial charge in [-0.05, 0) is 25.8 Å². The van der Waals surface area contributed by atoms with Crippen molar-refractivity contribution in [2.45, 2.75) is 25.8 Å². The molecule has 0 bridgehead atoms. The summed E-state index contributed by atoms with van der Waals surface area (Å²) in [5.41, 5.74) is 1.09. The molecule has 0 saturated heterocycles. The van der Waals surface area contributed by atoms with Gasteiger partial charge in [-0.3, -0.25) is 4.40 Å². The number of hydrogen-bond acceptors (Lipinski definition) is 5. The molecule has 0 spiro atoms. The fourth-order valence-corrected chi connectivity index (χ4v) is 2.74. The molecule has 2 rings (SSSR count). The van der Waals surface area contributed by atoms with Crippen molar-refractivity contribution >= 4 is 16.3 Å². The number of nitrogens with zero attached hydrogens (tertiary/aromatic N) is 2. The molecule has 19 heavy (non-hydrogen) atoms. The zero-order valence-corrected chi connectivity index (χ0v) is 12.3. The highest BCUT2D eigenvalue weighted by molar-refractivity contribution is 7.15. The van der Waals surface area contributed by atoms with Crippen molar-refractivity contribution in [3.8, 4) is 5.88 Å². The van der Waals surface area contributed by atoms with E-state index in [-0.39, 0.29) is 0 Å². The molecule has 1 N–H and O–H groups in total. The second kappa shape index (κ2) is 7.47. The Morgan fingerprint density at radius 2 is 2.21 bits per heavy atom. The molecule has 106 valence electrons. The number of thiazole rings is 1. The standard InChI is InChI=1S/C13H21N3O2S/c1-17-8-5-3-4-6-14-10-11-12(18-2)15-13-16(11)7-9-19-13/h7,9,14H,3-6,8,10H2,1-2H3. The summed E-state index contributed by atoms with van der Waals surface area (Å²) in [5.74, 6) is 0.721. The topological polar surface area (TPSA) is 47.8 Å². The van der Waals surface area contributed by atoms with E-state index in [1.165, 1.54) is 6.42 Å². The summed E-state index contributed by atoms with van der Waals surface area (Å²) in [6, 6.07) is 0. The van der Waals surface area contributed by atoms with Crippen molar-refractivity contribution in [1.29, 1.82) is 0 Å². The van der Waals surface area contributed by atoms with E-state index in [1.807, 2.05) is 11.6 Å². The third kappa shape index (κ3) is 3.68. The highest BCUT2D eigenvalue weighted by Gasteiger charge is 2.12. The molecule has 0 atom stereocenters. The van der Waals surface area contributed by atoms with E-state index < -0.39 is 0 Å². The molecule has 2 aromatic heterocycles. The molecule has 0 aliphatic heterocycles. The number of nitrogens with one attached hydrogen (secondary N) is 1. The average Bonchev–Trinajstić information content (AvgIpc) is 2.99. The van der Waals surface area contributed by atoms with Gasteiger partial charge in [0.15, 0.2) is 4.96 Å². The largest absolute Gasteiger partial charge is 0.480 e. The van der Waals surface area contributed by atoms with Gasteiger partial charge >= 0.3 is 0 Å². The number of unbranched alkanes of at least 4 members (excludes halogenated alkanes) is 2. The molecular weight excluding hydrogens is 262 g/mol. The lowest BCUT2D eigenvalue weighted by Gasteiger charge is -2.05. The van der Waals surface area contributed by atoms with E-state index in [1.54, 1.807) is 25.6 Å². The Bertz CT molecular complexity index is 495. The van der Waals surface area contributed by atoms with Gasteiger partial charge in [-0.2, -0.15) is 4.98 Å². The van der Waals surface area contributed by atoms with Gasteiger partial charge in [-0.15, -0.1) is 11.3 Å². The molecule has 0 amide bonds. The molecule has 0 aromatic carbocycles. The highest BCUT2D eigenvalue weighted by Crippen LogP contribution is 2.22. The number of ether oxygens (including phenoxy) is 2. The zero-order chi connectivity index (χ0) is 13.5. The minimum atomic E-state index is 0.721. The predicted octanol–water partition coefficient (Wildman–Crippen LogP) is 2.31. The van der Waals surface area contributed by atoms with Crippen LogP contribution in [0.1, 0.15) is 25.0 Å². The van der Waals surface area contributed by atoms with Gasteiger partial charge in [-0.25, -0.2) is 0 Å². The SMILES string of the molecule is COCCCCCNCc1c(OC)nc2sccn12. The lowest BCUT2D eigenvalue weighted by atomic mass is 10.2. The molecule has 0 radical (unpaired) electrons. The number of imidazole rings is 1. The van der Waals surface area contributed by atoms with Crippen molar-refractivity contribution in [2.24, 2.45) is 0 Å². The smallest absolute Gasteiger partial charge is 0.237 e. The zero-order valence-electron chi connectivity index (χ0n) is 11.5. The molecule has 0 saturated carbocycles. The Morgan fingerprint density at radius 3 is 3.00 bits per heavy atom. The van der Waals surface area contributed by atoms with Gasteiger partial charge < -0.3 is 14.8 Å². The Labute approximate surface area is 117 Å². The number of methoxy groups -OCH3 is 2. The van der Waals surface area contributed by atoms with Gasteiger partial charge in [-0.1, -0.05) is 0 Å². The van der Waals surface area contributed by atoms with Crippen molar-refractivity contribution < 1.29 is 9.47 Å². The second-order valence-electron chi connectivity index (χ2n) is 4.35. The summed E-state index contributed by atoms with van der Waals surface area (Å²) < 4.78 is 12.4. The maximum Gasteiger partial charge on any atom is 0.237 e. The lowest BCUT2D eigenvalue weighted by molar-refractivity contribution is 0.192. The highest BCUT2D eigenvalue weighted by atomic mass is 32.1. The fraction of sp³-hybridized carbons (Fsp3) is 0.615. The summed E-state index contributed by atoms with van der Waals surface area (Å²) in [5, 5.41) is 5.48. The maximum atomic E-state index is 5.32. The lowest BCUT2D eigenvalue weighted by Crippen LogP contribution is -2.16. The first-order chi connectivity index (χ1) is 9.36. The number of rotatable bonds is 9. The number of hydrogen-bond donors (Lipinski definition) is 1. The van der Waals surface area contributed by atoms with Gasteiger partial charge in [0.2, 0.25) is 5.88 Å². The molecule has 5 nitrogen and oxygen atoms in total. The molecule has 0 unspecified atom stereocenters. The Balaban J connectivity index is 1.79.